The molecule has 4 heteroatoms. The Labute approximate surface area is 109 Å². The largest absolute Gasteiger partial charge is 0.386 e. The molecule has 3 nitrogen and oxygen atoms in total. The number of para-hydroxylation sites is 1. The molecule has 3 rings (SSSR count). The first-order valence-corrected chi connectivity index (χ1v) is 6.76. The molecule has 0 aliphatic carbocycles. The van der Waals surface area contributed by atoms with Crippen molar-refractivity contribution in [1.29, 1.82) is 0 Å². The molecule has 0 fully saturated rings. The van der Waals surface area contributed by atoms with Crippen LogP contribution in [0.25, 0.3) is 22.2 Å². The summed E-state index contributed by atoms with van der Waals surface area (Å²) in [4.78, 5) is 7.88. The molecule has 0 radical (unpaired) electrons. The second-order valence-electron chi connectivity index (χ2n) is 4.42. The molecule has 0 amide bonds. The SMILES string of the molecule is Cc1[nH]c2ccccc2c1-c1csc(C(C)O)n1. The van der Waals surface area contributed by atoms with Gasteiger partial charge in [-0.05, 0) is 19.9 Å². The Morgan fingerprint density at radius 3 is 2.83 bits per heavy atom. The molecule has 1 unspecified atom stereocenters. The Morgan fingerprint density at radius 1 is 1.33 bits per heavy atom. The molecule has 0 aliphatic heterocycles. The van der Waals surface area contributed by atoms with Crippen LogP contribution in [0.3, 0.4) is 0 Å². The summed E-state index contributed by atoms with van der Waals surface area (Å²) < 4.78 is 0. The van der Waals surface area contributed by atoms with Crippen molar-refractivity contribution in [2.75, 3.05) is 0 Å². The van der Waals surface area contributed by atoms with Gasteiger partial charge < -0.3 is 10.1 Å². The van der Waals surface area contributed by atoms with Crippen LogP contribution >= 0.6 is 11.3 Å². The summed E-state index contributed by atoms with van der Waals surface area (Å²) in [6.07, 6.45) is -0.505. The van der Waals surface area contributed by atoms with E-state index in [1.54, 1.807) is 6.92 Å². The van der Waals surface area contributed by atoms with Gasteiger partial charge in [-0.1, -0.05) is 18.2 Å². The monoisotopic (exact) mass is 258 g/mol. The number of nitrogens with one attached hydrogen (secondary N) is 1. The van der Waals surface area contributed by atoms with E-state index in [1.165, 1.54) is 16.7 Å². The third kappa shape index (κ3) is 1.74. The van der Waals surface area contributed by atoms with Crippen LogP contribution in [0, 0.1) is 6.92 Å². The summed E-state index contributed by atoms with van der Waals surface area (Å²) >= 11 is 1.50. The molecule has 0 saturated heterocycles. The molecule has 0 spiro atoms. The summed E-state index contributed by atoms with van der Waals surface area (Å²) in [6, 6.07) is 8.20. The maximum atomic E-state index is 9.56. The quantitative estimate of drug-likeness (QED) is 0.737. The lowest BCUT2D eigenvalue weighted by Gasteiger charge is -1.98. The van der Waals surface area contributed by atoms with Gasteiger partial charge in [-0.2, -0.15) is 0 Å². The van der Waals surface area contributed by atoms with Crippen molar-refractivity contribution in [1.82, 2.24) is 9.97 Å². The number of hydrogen-bond acceptors (Lipinski definition) is 3. The minimum atomic E-state index is -0.505. The Kier molecular flexibility index (Phi) is 2.69. The molecule has 0 aliphatic rings. The number of aromatic amines is 1. The first kappa shape index (κ1) is 11.4. The van der Waals surface area contributed by atoms with Gasteiger partial charge in [-0.15, -0.1) is 11.3 Å². The number of aromatic nitrogens is 2. The van der Waals surface area contributed by atoms with Gasteiger partial charge in [0.05, 0.1) is 5.69 Å². The number of aliphatic hydroxyl groups is 1. The maximum Gasteiger partial charge on any atom is 0.122 e. The van der Waals surface area contributed by atoms with Gasteiger partial charge in [-0.25, -0.2) is 4.98 Å². The van der Waals surface area contributed by atoms with Crippen LogP contribution in [0.5, 0.6) is 0 Å². The second kappa shape index (κ2) is 4.23. The smallest absolute Gasteiger partial charge is 0.122 e. The van der Waals surface area contributed by atoms with E-state index in [0.29, 0.717) is 0 Å². The Bertz CT molecular complexity index is 697. The number of aryl methyl sites for hydroxylation is 1. The topological polar surface area (TPSA) is 48.9 Å². The molecule has 1 aromatic carbocycles. The average Bonchev–Trinajstić information content (AvgIpc) is 2.91. The zero-order chi connectivity index (χ0) is 12.7. The highest BCUT2D eigenvalue weighted by Crippen LogP contribution is 2.33. The van der Waals surface area contributed by atoms with Crippen LogP contribution in [0.2, 0.25) is 0 Å². The number of H-pyrrole nitrogens is 1. The predicted octanol–water partition coefficient (Wildman–Crippen LogP) is 3.65. The van der Waals surface area contributed by atoms with E-state index >= 15 is 0 Å². The molecular formula is C14H14N2OS. The first-order chi connectivity index (χ1) is 8.66. The van der Waals surface area contributed by atoms with Crippen LogP contribution < -0.4 is 0 Å². The molecule has 0 saturated carbocycles. The van der Waals surface area contributed by atoms with E-state index in [2.05, 4.69) is 29.0 Å². The average molecular weight is 258 g/mol. The van der Waals surface area contributed by atoms with Crippen LogP contribution in [0.15, 0.2) is 29.6 Å². The fourth-order valence-corrected chi connectivity index (χ4v) is 2.95. The summed E-state index contributed by atoms with van der Waals surface area (Å²) in [5.41, 5.74) is 4.30. The predicted molar refractivity (Wildman–Crippen MR) is 74.8 cm³/mol. The molecule has 2 heterocycles. The third-order valence-electron chi connectivity index (χ3n) is 3.03. The van der Waals surface area contributed by atoms with Crippen molar-refractivity contribution in [3.05, 3.63) is 40.3 Å². The minimum absolute atomic E-state index is 0.505. The zero-order valence-electron chi connectivity index (χ0n) is 10.3. The molecule has 92 valence electrons. The summed E-state index contributed by atoms with van der Waals surface area (Å²) in [7, 11) is 0. The van der Waals surface area contributed by atoms with E-state index in [4.69, 9.17) is 0 Å². The van der Waals surface area contributed by atoms with Crippen molar-refractivity contribution in [3.63, 3.8) is 0 Å². The van der Waals surface area contributed by atoms with E-state index in [-0.39, 0.29) is 0 Å². The van der Waals surface area contributed by atoms with Crippen LogP contribution in [-0.4, -0.2) is 15.1 Å². The van der Waals surface area contributed by atoms with Crippen molar-refractivity contribution in [3.8, 4) is 11.3 Å². The van der Waals surface area contributed by atoms with Gasteiger partial charge in [-0.3, -0.25) is 0 Å². The van der Waals surface area contributed by atoms with Crippen LogP contribution in [0.4, 0.5) is 0 Å². The highest BCUT2D eigenvalue weighted by Gasteiger charge is 2.14. The number of benzene rings is 1. The number of fused-ring (bicyclic) bond motifs is 1. The van der Waals surface area contributed by atoms with E-state index in [0.717, 1.165) is 27.5 Å². The summed E-state index contributed by atoms with van der Waals surface area (Å²) in [5.74, 6) is 0. The van der Waals surface area contributed by atoms with Gasteiger partial charge in [0.1, 0.15) is 11.1 Å². The van der Waals surface area contributed by atoms with E-state index in [9.17, 15) is 5.11 Å². The normalized spacial score (nSPS) is 13.1. The lowest BCUT2D eigenvalue weighted by Crippen LogP contribution is -1.89. The van der Waals surface area contributed by atoms with Gasteiger partial charge in [0, 0.05) is 27.5 Å². The molecule has 2 N–H and O–H groups in total. The Balaban J connectivity index is 2.21. The standard InChI is InChI=1S/C14H14N2OS/c1-8-13(10-5-3-4-6-11(10)15-8)12-7-18-14(16-12)9(2)17/h3-7,9,15,17H,1-2H3. The zero-order valence-corrected chi connectivity index (χ0v) is 11.1. The highest BCUT2D eigenvalue weighted by atomic mass is 32.1. The van der Waals surface area contributed by atoms with Crippen molar-refractivity contribution >= 4 is 22.2 Å². The van der Waals surface area contributed by atoms with Gasteiger partial charge in [0.2, 0.25) is 0 Å². The van der Waals surface area contributed by atoms with Crippen molar-refractivity contribution in [2.45, 2.75) is 20.0 Å². The van der Waals surface area contributed by atoms with Crippen molar-refractivity contribution in [2.24, 2.45) is 0 Å². The van der Waals surface area contributed by atoms with Crippen LogP contribution in [-0.2, 0) is 0 Å². The molecule has 0 bridgehead atoms. The number of thiazole rings is 1. The van der Waals surface area contributed by atoms with E-state index in [1.807, 2.05) is 17.5 Å². The fourth-order valence-electron chi connectivity index (χ4n) is 2.20. The lowest BCUT2D eigenvalue weighted by molar-refractivity contribution is 0.199. The molecule has 1 atom stereocenters. The van der Waals surface area contributed by atoms with E-state index < -0.39 is 6.10 Å². The number of rotatable bonds is 2. The highest BCUT2D eigenvalue weighted by molar-refractivity contribution is 7.10. The molecule has 2 aromatic heterocycles. The fraction of sp³-hybridized carbons (Fsp3) is 0.214. The molecule has 3 aromatic rings. The van der Waals surface area contributed by atoms with Gasteiger partial charge >= 0.3 is 0 Å². The van der Waals surface area contributed by atoms with Gasteiger partial charge in [0.25, 0.3) is 0 Å². The lowest BCUT2D eigenvalue weighted by atomic mass is 10.1. The Hall–Kier alpha value is -1.65. The number of aliphatic hydroxyl groups excluding tert-OH is 1. The Morgan fingerprint density at radius 2 is 2.11 bits per heavy atom. The third-order valence-corrected chi connectivity index (χ3v) is 4.04. The maximum absolute atomic E-state index is 9.56. The van der Waals surface area contributed by atoms with Gasteiger partial charge in [0.15, 0.2) is 0 Å². The molecule has 18 heavy (non-hydrogen) atoms. The summed E-state index contributed by atoms with van der Waals surface area (Å²) in [6.45, 7) is 3.79. The number of hydrogen-bond donors (Lipinski definition) is 2. The van der Waals surface area contributed by atoms with Crippen molar-refractivity contribution < 1.29 is 5.11 Å². The summed E-state index contributed by atoms with van der Waals surface area (Å²) in [5, 5.41) is 13.5. The number of nitrogens with zero attached hydrogens (tertiary/aromatic N) is 1. The van der Waals surface area contributed by atoms with Crippen LogP contribution in [0.1, 0.15) is 23.7 Å². The first-order valence-electron chi connectivity index (χ1n) is 5.88. The second-order valence-corrected chi connectivity index (χ2v) is 5.31. The molecular weight excluding hydrogens is 244 g/mol. The minimum Gasteiger partial charge on any atom is -0.386 e.